The molecule has 21 heavy (non-hydrogen) atoms. The maximum absolute atomic E-state index is 9.56. The van der Waals surface area contributed by atoms with Crippen molar-refractivity contribution in [1.82, 2.24) is 10.3 Å². The fourth-order valence-electron chi connectivity index (χ4n) is 3.17. The zero-order valence-electron chi connectivity index (χ0n) is 14.1. The van der Waals surface area contributed by atoms with Crippen LogP contribution in [0.4, 0.5) is 0 Å². The summed E-state index contributed by atoms with van der Waals surface area (Å²) in [7, 11) is 0. The Hall–Kier alpha value is -0.450. The van der Waals surface area contributed by atoms with Crippen molar-refractivity contribution in [3.63, 3.8) is 0 Å². The lowest BCUT2D eigenvalue weighted by Crippen LogP contribution is -2.41. The minimum atomic E-state index is 0.117. The summed E-state index contributed by atoms with van der Waals surface area (Å²) in [6.07, 6.45) is 4.86. The second-order valence-electron chi connectivity index (χ2n) is 7.44. The highest BCUT2D eigenvalue weighted by molar-refractivity contribution is 7.12. The number of hydrogen-bond donors (Lipinski definition) is 2. The Morgan fingerprint density at radius 2 is 2.00 bits per heavy atom. The molecule has 0 bridgehead atoms. The van der Waals surface area contributed by atoms with Crippen molar-refractivity contribution in [3.05, 3.63) is 15.6 Å². The van der Waals surface area contributed by atoms with E-state index in [1.54, 1.807) is 0 Å². The van der Waals surface area contributed by atoms with Crippen LogP contribution in [0.2, 0.25) is 0 Å². The number of nitrogens with one attached hydrogen (secondary N) is 1. The van der Waals surface area contributed by atoms with Crippen LogP contribution in [0.3, 0.4) is 0 Å². The van der Waals surface area contributed by atoms with Crippen LogP contribution in [0.5, 0.6) is 0 Å². The Morgan fingerprint density at radius 3 is 2.57 bits per heavy atom. The van der Waals surface area contributed by atoms with Gasteiger partial charge in [-0.1, -0.05) is 33.6 Å². The second-order valence-corrected chi connectivity index (χ2v) is 8.47. The van der Waals surface area contributed by atoms with E-state index < -0.39 is 0 Å². The number of aliphatic hydroxyl groups excluding tert-OH is 1. The van der Waals surface area contributed by atoms with Gasteiger partial charge >= 0.3 is 0 Å². The molecule has 1 aromatic rings. The molecule has 0 amide bonds. The van der Waals surface area contributed by atoms with Gasteiger partial charge in [-0.25, -0.2) is 4.98 Å². The van der Waals surface area contributed by atoms with Gasteiger partial charge in [0.25, 0.3) is 0 Å². The zero-order chi connectivity index (χ0) is 15.6. The lowest BCUT2D eigenvalue weighted by molar-refractivity contribution is 0.147. The van der Waals surface area contributed by atoms with Gasteiger partial charge in [-0.15, -0.1) is 11.3 Å². The average Bonchev–Trinajstić information content (AvgIpc) is 2.81. The number of aryl methyl sites for hydroxylation is 1. The normalized spacial score (nSPS) is 25.0. The quantitative estimate of drug-likeness (QED) is 0.885. The summed E-state index contributed by atoms with van der Waals surface area (Å²) in [6.45, 7) is 11.3. The summed E-state index contributed by atoms with van der Waals surface area (Å²) in [5.74, 6) is 0.413. The highest BCUT2D eigenvalue weighted by Gasteiger charge is 2.28. The molecule has 1 aliphatic rings. The van der Waals surface area contributed by atoms with E-state index in [1.165, 1.54) is 29.1 Å². The third-order valence-electron chi connectivity index (χ3n) is 4.48. The smallest absolute Gasteiger partial charge is 0.0985 e. The molecule has 1 saturated carbocycles. The predicted octanol–water partition coefficient (Wildman–Crippen LogP) is 3.95. The van der Waals surface area contributed by atoms with Crippen molar-refractivity contribution < 1.29 is 5.11 Å². The van der Waals surface area contributed by atoms with Gasteiger partial charge in [-0.3, -0.25) is 0 Å². The SMILES string of the molecule is Cc1nc(C(C)(C)C)sc1C(C)NC1CCCCC1CO. The van der Waals surface area contributed by atoms with Gasteiger partial charge in [0.15, 0.2) is 0 Å². The average molecular weight is 311 g/mol. The molecule has 3 nitrogen and oxygen atoms in total. The number of aliphatic hydroxyl groups is 1. The van der Waals surface area contributed by atoms with Crippen molar-refractivity contribution in [3.8, 4) is 0 Å². The molecule has 1 aliphatic carbocycles. The number of aromatic nitrogens is 1. The minimum Gasteiger partial charge on any atom is -0.396 e. The molecule has 1 fully saturated rings. The van der Waals surface area contributed by atoms with E-state index in [0.29, 0.717) is 24.6 Å². The fraction of sp³-hybridized carbons (Fsp3) is 0.824. The molecule has 0 radical (unpaired) electrons. The van der Waals surface area contributed by atoms with E-state index in [9.17, 15) is 5.11 Å². The topological polar surface area (TPSA) is 45.2 Å². The van der Waals surface area contributed by atoms with E-state index in [0.717, 1.165) is 12.1 Å². The van der Waals surface area contributed by atoms with Gasteiger partial charge in [0.1, 0.15) is 0 Å². The third-order valence-corrected chi connectivity index (χ3v) is 6.24. The molecule has 4 heteroatoms. The van der Waals surface area contributed by atoms with Crippen LogP contribution in [0, 0.1) is 12.8 Å². The van der Waals surface area contributed by atoms with Crippen molar-refractivity contribution in [2.45, 2.75) is 77.8 Å². The van der Waals surface area contributed by atoms with Gasteiger partial charge in [0.05, 0.1) is 10.7 Å². The Labute approximate surface area is 133 Å². The molecule has 1 aromatic heterocycles. The summed E-state index contributed by atoms with van der Waals surface area (Å²) in [5, 5.41) is 14.5. The van der Waals surface area contributed by atoms with Crippen molar-refractivity contribution in [2.75, 3.05) is 6.61 Å². The monoisotopic (exact) mass is 310 g/mol. The first-order chi connectivity index (χ1) is 9.82. The van der Waals surface area contributed by atoms with Crippen LogP contribution < -0.4 is 5.32 Å². The van der Waals surface area contributed by atoms with Crippen molar-refractivity contribution >= 4 is 11.3 Å². The third kappa shape index (κ3) is 4.05. The lowest BCUT2D eigenvalue weighted by Gasteiger charge is -2.33. The maximum atomic E-state index is 9.56. The molecule has 1 heterocycles. The second kappa shape index (κ2) is 6.76. The lowest BCUT2D eigenvalue weighted by atomic mass is 9.84. The van der Waals surface area contributed by atoms with Gasteiger partial charge < -0.3 is 10.4 Å². The van der Waals surface area contributed by atoms with Crippen LogP contribution >= 0.6 is 11.3 Å². The Balaban J connectivity index is 2.09. The first-order valence-electron chi connectivity index (χ1n) is 8.17. The largest absolute Gasteiger partial charge is 0.396 e. The number of nitrogens with zero attached hydrogens (tertiary/aromatic N) is 1. The van der Waals surface area contributed by atoms with Crippen LogP contribution in [0.25, 0.3) is 0 Å². The summed E-state index contributed by atoms with van der Waals surface area (Å²) >= 11 is 1.84. The van der Waals surface area contributed by atoms with E-state index in [2.05, 4.69) is 39.9 Å². The molecule has 0 aromatic carbocycles. The summed E-state index contributed by atoms with van der Waals surface area (Å²) in [5.41, 5.74) is 1.27. The van der Waals surface area contributed by atoms with E-state index in [1.807, 2.05) is 11.3 Å². The highest BCUT2D eigenvalue weighted by Crippen LogP contribution is 2.34. The molecule has 120 valence electrons. The molecular formula is C17H30N2OS. The van der Waals surface area contributed by atoms with Crippen LogP contribution in [-0.4, -0.2) is 22.7 Å². The minimum absolute atomic E-state index is 0.117. The standard InChI is InChI=1S/C17H30N2OS/c1-11(18-14-9-7-6-8-13(14)10-20)15-12(2)19-16(21-15)17(3,4)5/h11,13-14,18,20H,6-10H2,1-5H3. The van der Waals surface area contributed by atoms with Crippen molar-refractivity contribution in [1.29, 1.82) is 0 Å². The van der Waals surface area contributed by atoms with Crippen molar-refractivity contribution in [2.24, 2.45) is 5.92 Å². The molecule has 0 saturated heterocycles. The van der Waals surface area contributed by atoms with Gasteiger partial charge in [-0.2, -0.15) is 0 Å². The molecule has 2 N–H and O–H groups in total. The number of rotatable bonds is 4. The van der Waals surface area contributed by atoms with E-state index in [-0.39, 0.29) is 5.41 Å². The number of hydrogen-bond acceptors (Lipinski definition) is 4. The zero-order valence-corrected chi connectivity index (χ0v) is 14.9. The Kier molecular flexibility index (Phi) is 5.44. The summed E-state index contributed by atoms with van der Waals surface area (Å²) in [4.78, 5) is 6.11. The molecular weight excluding hydrogens is 280 g/mol. The summed E-state index contributed by atoms with van der Waals surface area (Å²) in [6, 6.07) is 0.758. The Morgan fingerprint density at radius 1 is 1.33 bits per heavy atom. The molecule has 2 rings (SSSR count). The first kappa shape index (κ1) is 16.9. The molecule has 3 unspecified atom stereocenters. The van der Waals surface area contributed by atoms with Gasteiger partial charge in [-0.05, 0) is 32.6 Å². The molecule has 0 aliphatic heterocycles. The highest BCUT2D eigenvalue weighted by atomic mass is 32.1. The number of thiazole rings is 1. The van der Waals surface area contributed by atoms with E-state index >= 15 is 0 Å². The maximum Gasteiger partial charge on any atom is 0.0985 e. The van der Waals surface area contributed by atoms with Gasteiger partial charge in [0.2, 0.25) is 0 Å². The fourth-order valence-corrected chi connectivity index (χ4v) is 4.31. The predicted molar refractivity (Wildman–Crippen MR) is 89.9 cm³/mol. The van der Waals surface area contributed by atoms with E-state index in [4.69, 9.17) is 4.98 Å². The van der Waals surface area contributed by atoms with Crippen LogP contribution in [0.15, 0.2) is 0 Å². The Bertz CT molecular complexity index is 464. The van der Waals surface area contributed by atoms with Crippen LogP contribution in [0.1, 0.15) is 75.0 Å². The van der Waals surface area contributed by atoms with Gasteiger partial charge in [0, 0.05) is 29.0 Å². The van der Waals surface area contributed by atoms with Crippen LogP contribution in [-0.2, 0) is 5.41 Å². The molecule has 0 spiro atoms. The first-order valence-corrected chi connectivity index (χ1v) is 8.99. The molecule has 3 atom stereocenters. The summed E-state index contributed by atoms with van der Waals surface area (Å²) < 4.78 is 0.